The van der Waals surface area contributed by atoms with Crippen molar-refractivity contribution in [3.63, 3.8) is 0 Å². The monoisotopic (exact) mass is 215 g/mol. The zero-order valence-corrected chi connectivity index (χ0v) is 10.4. The smallest absolute Gasteiger partial charge is 0.0994 e. The van der Waals surface area contributed by atoms with Crippen LogP contribution in [0.25, 0.3) is 0 Å². The van der Waals surface area contributed by atoms with Crippen LogP contribution in [-0.4, -0.2) is 0 Å². The lowest BCUT2D eigenvalue weighted by molar-refractivity contribution is 0.784. The summed E-state index contributed by atoms with van der Waals surface area (Å²) in [6.45, 7) is 4.38. The molecule has 1 rings (SSSR count). The Balaban J connectivity index is 2.77. The van der Waals surface area contributed by atoms with Gasteiger partial charge < -0.3 is 0 Å². The van der Waals surface area contributed by atoms with Gasteiger partial charge in [-0.15, -0.1) is 0 Å². The van der Waals surface area contributed by atoms with E-state index in [1.54, 1.807) is 0 Å². The molecule has 1 heteroatoms. The van der Waals surface area contributed by atoms with E-state index in [4.69, 9.17) is 5.26 Å². The first-order valence-electron chi connectivity index (χ1n) is 6.33. The van der Waals surface area contributed by atoms with Crippen LogP contribution < -0.4 is 0 Å². The van der Waals surface area contributed by atoms with E-state index < -0.39 is 0 Å². The normalized spacial score (nSPS) is 10.1. The van der Waals surface area contributed by atoms with Crippen molar-refractivity contribution in [1.82, 2.24) is 0 Å². The van der Waals surface area contributed by atoms with Crippen LogP contribution in [0.15, 0.2) is 18.2 Å². The van der Waals surface area contributed by atoms with Crippen molar-refractivity contribution < 1.29 is 0 Å². The van der Waals surface area contributed by atoms with Gasteiger partial charge >= 0.3 is 0 Å². The molecule has 0 fully saturated rings. The fourth-order valence-electron chi connectivity index (χ4n) is 1.85. The van der Waals surface area contributed by atoms with Crippen molar-refractivity contribution in [1.29, 1.82) is 5.26 Å². The van der Waals surface area contributed by atoms with Gasteiger partial charge in [0.05, 0.1) is 11.6 Å². The lowest BCUT2D eigenvalue weighted by Crippen LogP contribution is -1.93. The van der Waals surface area contributed by atoms with Crippen molar-refractivity contribution in [2.75, 3.05) is 0 Å². The minimum absolute atomic E-state index is 0.877. The predicted molar refractivity (Wildman–Crippen MR) is 68.4 cm³/mol. The Bertz CT molecular complexity index is 360. The van der Waals surface area contributed by atoms with Gasteiger partial charge in [-0.3, -0.25) is 0 Å². The van der Waals surface area contributed by atoms with Gasteiger partial charge in [-0.05, 0) is 42.9 Å². The molecule has 0 saturated carbocycles. The number of hydrogen-bond donors (Lipinski definition) is 0. The fourth-order valence-corrected chi connectivity index (χ4v) is 1.85. The molecule has 0 saturated heterocycles. The van der Waals surface area contributed by atoms with Crippen molar-refractivity contribution in [3.8, 4) is 6.07 Å². The van der Waals surface area contributed by atoms with E-state index in [2.05, 4.69) is 38.1 Å². The summed E-state index contributed by atoms with van der Waals surface area (Å²) in [4.78, 5) is 0. The fraction of sp³-hybridized carbons (Fsp3) is 0.533. The predicted octanol–water partition coefficient (Wildman–Crippen LogP) is 4.24. The molecule has 0 aromatic heterocycles. The van der Waals surface area contributed by atoms with Crippen LogP contribution in [-0.2, 0) is 12.8 Å². The third kappa shape index (κ3) is 3.70. The van der Waals surface area contributed by atoms with E-state index >= 15 is 0 Å². The number of nitrogens with zero attached hydrogens (tertiary/aromatic N) is 1. The third-order valence-corrected chi connectivity index (χ3v) is 2.91. The number of unbranched alkanes of at least 4 members (excludes halogenated alkanes) is 2. The molecule has 0 heterocycles. The first-order chi connectivity index (χ1) is 7.81. The van der Waals surface area contributed by atoms with Crippen molar-refractivity contribution >= 4 is 0 Å². The Labute approximate surface area is 99.1 Å². The minimum atomic E-state index is 0.877. The van der Waals surface area contributed by atoms with Crippen LogP contribution in [0.2, 0.25) is 0 Å². The van der Waals surface area contributed by atoms with Gasteiger partial charge in [0.2, 0.25) is 0 Å². The Morgan fingerprint density at radius 3 is 2.38 bits per heavy atom. The molecule has 1 aromatic rings. The highest BCUT2D eigenvalue weighted by Crippen LogP contribution is 2.15. The minimum Gasteiger partial charge on any atom is -0.192 e. The van der Waals surface area contributed by atoms with Gasteiger partial charge in [0.25, 0.3) is 0 Å². The van der Waals surface area contributed by atoms with Crippen LogP contribution in [0.5, 0.6) is 0 Å². The van der Waals surface area contributed by atoms with Crippen LogP contribution in [0.4, 0.5) is 0 Å². The molecule has 0 aliphatic carbocycles. The number of benzene rings is 1. The topological polar surface area (TPSA) is 23.8 Å². The maximum atomic E-state index is 9.12. The summed E-state index contributed by atoms with van der Waals surface area (Å²) >= 11 is 0. The molecule has 0 aliphatic rings. The second-order valence-electron chi connectivity index (χ2n) is 4.31. The quantitative estimate of drug-likeness (QED) is 0.696. The molecule has 1 nitrogen and oxygen atoms in total. The van der Waals surface area contributed by atoms with Gasteiger partial charge in [-0.1, -0.05) is 38.8 Å². The summed E-state index contributed by atoms with van der Waals surface area (Å²) in [7, 11) is 0. The molecule has 0 bridgehead atoms. The second kappa shape index (κ2) is 7.06. The van der Waals surface area contributed by atoms with E-state index in [0.717, 1.165) is 18.4 Å². The van der Waals surface area contributed by atoms with Gasteiger partial charge in [-0.25, -0.2) is 0 Å². The Kier molecular flexibility index (Phi) is 5.64. The number of rotatable bonds is 6. The van der Waals surface area contributed by atoms with Crippen molar-refractivity contribution in [3.05, 3.63) is 34.9 Å². The van der Waals surface area contributed by atoms with E-state index in [9.17, 15) is 0 Å². The SMILES string of the molecule is CCCCc1ccc(CCCC)c(C#N)c1. The van der Waals surface area contributed by atoms with Gasteiger partial charge in [0.1, 0.15) is 0 Å². The van der Waals surface area contributed by atoms with Crippen LogP contribution in [0, 0.1) is 11.3 Å². The molecule has 16 heavy (non-hydrogen) atoms. The summed E-state index contributed by atoms with van der Waals surface area (Å²) < 4.78 is 0. The number of hydrogen-bond acceptors (Lipinski definition) is 1. The highest BCUT2D eigenvalue weighted by Gasteiger charge is 2.03. The molecular formula is C15H21N. The molecule has 86 valence electrons. The number of nitriles is 1. The first-order valence-corrected chi connectivity index (χ1v) is 6.33. The molecule has 0 spiro atoms. The highest BCUT2D eigenvalue weighted by molar-refractivity contribution is 5.40. The Morgan fingerprint density at radius 1 is 1.06 bits per heavy atom. The Hall–Kier alpha value is -1.29. The number of aryl methyl sites for hydroxylation is 2. The molecule has 0 atom stereocenters. The molecule has 0 unspecified atom stereocenters. The summed E-state index contributed by atoms with van der Waals surface area (Å²) in [5, 5.41) is 9.12. The second-order valence-corrected chi connectivity index (χ2v) is 4.31. The van der Waals surface area contributed by atoms with Crippen molar-refractivity contribution in [2.24, 2.45) is 0 Å². The summed E-state index contributed by atoms with van der Waals surface area (Å²) in [6, 6.07) is 8.71. The summed E-state index contributed by atoms with van der Waals surface area (Å²) in [5.74, 6) is 0. The van der Waals surface area contributed by atoms with Crippen LogP contribution >= 0.6 is 0 Å². The van der Waals surface area contributed by atoms with E-state index in [1.807, 2.05) is 0 Å². The maximum absolute atomic E-state index is 9.12. The zero-order chi connectivity index (χ0) is 11.8. The van der Waals surface area contributed by atoms with Crippen LogP contribution in [0.1, 0.15) is 56.2 Å². The molecule has 0 amide bonds. The maximum Gasteiger partial charge on any atom is 0.0994 e. The first kappa shape index (κ1) is 12.8. The van der Waals surface area contributed by atoms with Gasteiger partial charge in [0, 0.05) is 0 Å². The largest absolute Gasteiger partial charge is 0.192 e. The van der Waals surface area contributed by atoms with Gasteiger partial charge in [0.15, 0.2) is 0 Å². The van der Waals surface area contributed by atoms with E-state index in [1.165, 1.54) is 36.8 Å². The zero-order valence-electron chi connectivity index (χ0n) is 10.4. The standard InChI is InChI=1S/C15H21N/c1-3-5-7-13-9-10-14(8-6-4-2)15(11-13)12-16/h9-11H,3-8H2,1-2H3. The lowest BCUT2D eigenvalue weighted by Gasteiger charge is -2.06. The molecule has 0 radical (unpaired) electrons. The van der Waals surface area contributed by atoms with Crippen LogP contribution in [0.3, 0.4) is 0 Å². The average molecular weight is 215 g/mol. The molecule has 0 N–H and O–H groups in total. The molecule has 0 aliphatic heterocycles. The third-order valence-electron chi connectivity index (χ3n) is 2.91. The van der Waals surface area contributed by atoms with E-state index in [-0.39, 0.29) is 0 Å². The van der Waals surface area contributed by atoms with Gasteiger partial charge in [-0.2, -0.15) is 5.26 Å². The average Bonchev–Trinajstić information content (AvgIpc) is 2.34. The highest BCUT2D eigenvalue weighted by atomic mass is 14.2. The Morgan fingerprint density at radius 2 is 1.75 bits per heavy atom. The summed E-state index contributed by atoms with van der Waals surface area (Å²) in [5.41, 5.74) is 3.39. The van der Waals surface area contributed by atoms with Crippen molar-refractivity contribution in [2.45, 2.75) is 52.4 Å². The lowest BCUT2D eigenvalue weighted by atomic mass is 9.98. The van der Waals surface area contributed by atoms with E-state index in [0.29, 0.717) is 0 Å². The molecule has 1 aromatic carbocycles. The summed E-state index contributed by atoms with van der Waals surface area (Å²) in [6.07, 6.45) is 6.90. The molecular weight excluding hydrogens is 194 g/mol.